The van der Waals surface area contributed by atoms with E-state index in [0.717, 1.165) is 25.3 Å². The number of hydrogen-bond donors (Lipinski definition) is 1. The van der Waals surface area contributed by atoms with Crippen LogP contribution in [0.25, 0.3) is 0 Å². The van der Waals surface area contributed by atoms with Crippen molar-refractivity contribution in [3.63, 3.8) is 0 Å². The first-order chi connectivity index (χ1) is 9.21. The van der Waals surface area contributed by atoms with Gasteiger partial charge in [0, 0.05) is 13.1 Å². The van der Waals surface area contributed by atoms with Gasteiger partial charge in [-0.15, -0.1) is 0 Å². The molecular weight excluding hydrogens is 240 g/mol. The van der Waals surface area contributed by atoms with Crippen molar-refractivity contribution in [2.24, 2.45) is 0 Å². The first kappa shape index (κ1) is 15.3. The molecule has 0 saturated carbocycles. The molecule has 0 radical (unpaired) electrons. The zero-order chi connectivity index (χ0) is 14.1. The van der Waals surface area contributed by atoms with Gasteiger partial charge in [0.25, 0.3) is 0 Å². The van der Waals surface area contributed by atoms with Crippen LogP contribution in [0, 0.1) is 0 Å². The predicted octanol–water partition coefficient (Wildman–Crippen LogP) is 2.68. The molecule has 106 valence electrons. The highest BCUT2D eigenvalue weighted by Crippen LogP contribution is 2.11. The van der Waals surface area contributed by atoms with Gasteiger partial charge in [0.2, 0.25) is 0 Å². The summed E-state index contributed by atoms with van der Waals surface area (Å²) in [6, 6.07) is 8.01. The molecule has 19 heavy (non-hydrogen) atoms. The fourth-order valence-electron chi connectivity index (χ4n) is 1.77. The van der Waals surface area contributed by atoms with Gasteiger partial charge < -0.3 is 15.0 Å². The lowest BCUT2D eigenvalue weighted by Gasteiger charge is -2.19. The number of urea groups is 1. The minimum absolute atomic E-state index is 0.0325. The SMILES string of the molecule is CCc1ccc(OCCNC(=O)N(CC)CC)cc1. The number of rotatable bonds is 7. The molecule has 0 bridgehead atoms. The molecule has 0 aliphatic carbocycles. The minimum atomic E-state index is -0.0325. The maximum absolute atomic E-state index is 11.7. The van der Waals surface area contributed by atoms with Crippen molar-refractivity contribution in [1.82, 2.24) is 10.2 Å². The average molecular weight is 264 g/mol. The van der Waals surface area contributed by atoms with Crippen LogP contribution in [-0.2, 0) is 6.42 Å². The van der Waals surface area contributed by atoms with Crippen molar-refractivity contribution in [2.45, 2.75) is 27.2 Å². The van der Waals surface area contributed by atoms with E-state index in [2.05, 4.69) is 24.4 Å². The second-order valence-corrected chi connectivity index (χ2v) is 4.25. The lowest BCUT2D eigenvalue weighted by Crippen LogP contribution is -2.41. The summed E-state index contributed by atoms with van der Waals surface area (Å²) in [6.07, 6.45) is 1.03. The van der Waals surface area contributed by atoms with Crippen LogP contribution >= 0.6 is 0 Å². The van der Waals surface area contributed by atoms with E-state index in [-0.39, 0.29) is 6.03 Å². The third-order valence-electron chi connectivity index (χ3n) is 3.03. The number of ether oxygens (including phenoxy) is 1. The van der Waals surface area contributed by atoms with Crippen molar-refractivity contribution >= 4 is 6.03 Å². The summed E-state index contributed by atoms with van der Waals surface area (Å²) >= 11 is 0. The summed E-state index contributed by atoms with van der Waals surface area (Å²) in [6.45, 7) is 8.51. The molecule has 0 heterocycles. The second kappa shape index (κ2) is 8.40. The molecule has 0 aliphatic rings. The van der Waals surface area contributed by atoms with Crippen LogP contribution in [0.3, 0.4) is 0 Å². The topological polar surface area (TPSA) is 41.6 Å². The van der Waals surface area contributed by atoms with Gasteiger partial charge in [-0.05, 0) is 38.0 Å². The van der Waals surface area contributed by atoms with E-state index in [1.165, 1.54) is 5.56 Å². The van der Waals surface area contributed by atoms with Crippen LogP contribution in [-0.4, -0.2) is 37.2 Å². The van der Waals surface area contributed by atoms with Crippen molar-refractivity contribution in [3.8, 4) is 5.75 Å². The lowest BCUT2D eigenvalue weighted by atomic mass is 10.2. The number of nitrogens with zero attached hydrogens (tertiary/aromatic N) is 1. The Hall–Kier alpha value is -1.71. The molecule has 0 spiro atoms. The number of hydrogen-bond acceptors (Lipinski definition) is 2. The van der Waals surface area contributed by atoms with Gasteiger partial charge >= 0.3 is 6.03 Å². The van der Waals surface area contributed by atoms with Gasteiger partial charge in [-0.1, -0.05) is 19.1 Å². The monoisotopic (exact) mass is 264 g/mol. The van der Waals surface area contributed by atoms with E-state index >= 15 is 0 Å². The third-order valence-corrected chi connectivity index (χ3v) is 3.03. The van der Waals surface area contributed by atoms with Crippen molar-refractivity contribution in [3.05, 3.63) is 29.8 Å². The molecule has 0 aliphatic heterocycles. The molecule has 1 rings (SSSR count). The Labute approximate surface area is 115 Å². The molecule has 0 atom stereocenters. The minimum Gasteiger partial charge on any atom is -0.492 e. The standard InChI is InChI=1S/C15H24N2O2/c1-4-13-7-9-14(10-8-13)19-12-11-16-15(18)17(5-2)6-3/h7-10H,4-6,11-12H2,1-3H3,(H,16,18). The number of benzene rings is 1. The van der Waals surface area contributed by atoms with Gasteiger partial charge in [0.15, 0.2) is 0 Å². The number of nitrogens with one attached hydrogen (secondary N) is 1. The molecule has 1 aromatic rings. The molecule has 4 nitrogen and oxygen atoms in total. The van der Waals surface area contributed by atoms with Crippen LogP contribution < -0.4 is 10.1 Å². The number of carbonyl (C=O) groups excluding carboxylic acids is 1. The molecule has 0 unspecified atom stereocenters. The molecule has 2 amide bonds. The Bertz CT molecular complexity index is 372. The van der Waals surface area contributed by atoms with E-state index in [0.29, 0.717) is 13.2 Å². The van der Waals surface area contributed by atoms with E-state index in [1.807, 2.05) is 26.0 Å². The molecule has 4 heteroatoms. The van der Waals surface area contributed by atoms with E-state index in [4.69, 9.17) is 4.74 Å². The Morgan fingerprint density at radius 2 is 1.79 bits per heavy atom. The van der Waals surface area contributed by atoms with Crippen LogP contribution in [0.5, 0.6) is 5.75 Å². The molecule has 0 aromatic heterocycles. The maximum atomic E-state index is 11.7. The number of aryl methyl sites for hydroxylation is 1. The highest BCUT2D eigenvalue weighted by atomic mass is 16.5. The largest absolute Gasteiger partial charge is 0.492 e. The Morgan fingerprint density at radius 3 is 2.32 bits per heavy atom. The van der Waals surface area contributed by atoms with Crippen LogP contribution in [0.2, 0.25) is 0 Å². The van der Waals surface area contributed by atoms with Crippen molar-refractivity contribution < 1.29 is 9.53 Å². The Kier molecular flexibility index (Phi) is 6.79. The number of amides is 2. The highest BCUT2D eigenvalue weighted by Gasteiger charge is 2.07. The van der Waals surface area contributed by atoms with Gasteiger partial charge in [-0.3, -0.25) is 0 Å². The van der Waals surface area contributed by atoms with E-state index in [9.17, 15) is 4.79 Å². The predicted molar refractivity (Wildman–Crippen MR) is 77.6 cm³/mol. The second-order valence-electron chi connectivity index (χ2n) is 4.25. The van der Waals surface area contributed by atoms with Crippen molar-refractivity contribution in [2.75, 3.05) is 26.2 Å². The molecule has 1 N–H and O–H groups in total. The normalized spacial score (nSPS) is 10.1. The summed E-state index contributed by atoms with van der Waals surface area (Å²) in [4.78, 5) is 13.4. The summed E-state index contributed by atoms with van der Waals surface area (Å²) in [5.74, 6) is 0.842. The third kappa shape index (κ3) is 5.20. The molecule has 0 saturated heterocycles. The zero-order valence-electron chi connectivity index (χ0n) is 12.1. The molecular formula is C15H24N2O2. The first-order valence-electron chi connectivity index (χ1n) is 6.95. The van der Waals surface area contributed by atoms with Gasteiger partial charge in [-0.25, -0.2) is 4.79 Å². The zero-order valence-corrected chi connectivity index (χ0v) is 12.1. The quantitative estimate of drug-likeness (QED) is 0.769. The Morgan fingerprint density at radius 1 is 1.16 bits per heavy atom. The fraction of sp³-hybridized carbons (Fsp3) is 0.533. The summed E-state index contributed by atoms with van der Waals surface area (Å²) in [5, 5.41) is 2.84. The van der Waals surface area contributed by atoms with Crippen LogP contribution in [0.15, 0.2) is 24.3 Å². The summed E-state index contributed by atoms with van der Waals surface area (Å²) < 4.78 is 5.57. The maximum Gasteiger partial charge on any atom is 0.317 e. The Balaban J connectivity index is 2.24. The van der Waals surface area contributed by atoms with Crippen LogP contribution in [0.4, 0.5) is 4.79 Å². The van der Waals surface area contributed by atoms with Gasteiger partial charge in [0.05, 0.1) is 6.54 Å². The summed E-state index contributed by atoms with van der Waals surface area (Å²) in [7, 11) is 0. The van der Waals surface area contributed by atoms with Crippen LogP contribution in [0.1, 0.15) is 26.3 Å². The number of carbonyl (C=O) groups is 1. The smallest absolute Gasteiger partial charge is 0.317 e. The van der Waals surface area contributed by atoms with E-state index in [1.54, 1.807) is 4.90 Å². The highest BCUT2D eigenvalue weighted by molar-refractivity contribution is 5.73. The summed E-state index contributed by atoms with van der Waals surface area (Å²) in [5.41, 5.74) is 1.29. The fourth-order valence-corrected chi connectivity index (χ4v) is 1.77. The average Bonchev–Trinajstić information content (AvgIpc) is 2.45. The molecule has 1 aromatic carbocycles. The van der Waals surface area contributed by atoms with Gasteiger partial charge in [-0.2, -0.15) is 0 Å². The van der Waals surface area contributed by atoms with E-state index < -0.39 is 0 Å². The first-order valence-corrected chi connectivity index (χ1v) is 6.95. The molecule has 0 fully saturated rings. The lowest BCUT2D eigenvalue weighted by molar-refractivity contribution is 0.200. The van der Waals surface area contributed by atoms with Crippen molar-refractivity contribution in [1.29, 1.82) is 0 Å². The van der Waals surface area contributed by atoms with Gasteiger partial charge in [0.1, 0.15) is 12.4 Å².